The molecular formula is C10H12N4OS. The predicted octanol–water partition coefficient (Wildman–Crippen LogP) is 0.562. The van der Waals surface area contributed by atoms with Gasteiger partial charge in [0.05, 0.1) is 4.99 Å². The molecule has 0 bridgehead atoms. The number of nitrogens with two attached hydrogens (primary N) is 1. The molecular weight excluding hydrogens is 224 g/mol. The third kappa shape index (κ3) is 2.11. The molecule has 0 aliphatic heterocycles. The maximum absolute atomic E-state index is 11.8. The number of hydrogen-bond acceptors (Lipinski definition) is 3. The Kier molecular flexibility index (Phi) is 3.00. The van der Waals surface area contributed by atoms with Gasteiger partial charge in [-0.3, -0.25) is 4.40 Å². The van der Waals surface area contributed by atoms with Crippen molar-refractivity contribution in [3.63, 3.8) is 0 Å². The lowest BCUT2D eigenvalue weighted by Crippen LogP contribution is -2.21. The second-order valence-electron chi connectivity index (χ2n) is 3.50. The monoisotopic (exact) mass is 236 g/mol. The lowest BCUT2D eigenvalue weighted by molar-refractivity contribution is 0.570. The molecule has 16 heavy (non-hydrogen) atoms. The van der Waals surface area contributed by atoms with Crippen LogP contribution in [0, 0.1) is 0 Å². The smallest absolute Gasteiger partial charge is 0.350 e. The summed E-state index contributed by atoms with van der Waals surface area (Å²) in [5.41, 5.74) is 5.92. The van der Waals surface area contributed by atoms with Gasteiger partial charge in [-0.15, -0.1) is 5.10 Å². The highest BCUT2D eigenvalue weighted by Gasteiger charge is 2.04. The molecule has 0 radical (unpaired) electrons. The summed E-state index contributed by atoms with van der Waals surface area (Å²) in [5.74, 6) is 0. The third-order valence-corrected chi connectivity index (χ3v) is 2.49. The number of pyridine rings is 1. The van der Waals surface area contributed by atoms with Crippen LogP contribution in [0.1, 0.15) is 12.8 Å². The van der Waals surface area contributed by atoms with E-state index in [0.29, 0.717) is 23.6 Å². The van der Waals surface area contributed by atoms with Gasteiger partial charge in [-0.1, -0.05) is 18.3 Å². The molecule has 0 aliphatic rings. The molecule has 2 heterocycles. The molecule has 2 aromatic heterocycles. The van der Waals surface area contributed by atoms with Gasteiger partial charge in [-0.05, 0) is 25.0 Å². The Morgan fingerprint density at radius 1 is 1.50 bits per heavy atom. The Bertz CT molecular complexity index is 571. The summed E-state index contributed by atoms with van der Waals surface area (Å²) >= 11 is 4.77. The summed E-state index contributed by atoms with van der Waals surface area (Å²) < 4.78 is 2.95. The molecule has 0 amide bonds. The molecule has 0 saturated carbocycles. The average Bonchev–Trinajstić information content (AvgIpc) is 2.56. The van der Waals surface area contributed by atoms with Gasteiger partial charge in [0.1, 0.15) is 0 Å². The maximum atomic E-state index is 11.8. The Morgan fingerprint density at radius 2 is 2.31 bits per heavy atom. The molecule has 6 heteroatoms. The number of nitrogens with zero attached hydrogens (tertiary/aromatic N) is 3. The first-order valence-electron chi connectivity index (χ1n) is 5.01. The molecule has 0 unspecified atom stereocenters. The minimum absolute atomic E-state index is 0.126. The van der Waals surface area contributed by atoms with Crippen LogP contribution in [0.15, 0.2) is 29.2 Å². The number of aryl methyl sites for hydroxylation is 1. The van der Waals surface area contributed by atoms with Crippen LogP contribution in [0.4, 0.5) is 0 Å². The van der Waals surface area contributed by atoms with Crippen LogP contribution in [0.25, 0.3) is 5.65 Å². The van der Waals surface area contributed by atoms with Crippen LogP contribution >= 0.6 is 12.2 Å². The van der Waals surface area contributed by atoms with Crippen LogP contribution in [-0.2, 0) is 6.54 Å². The van der Waals surface area contributed by atoms with Crippen molar-refractivity contribution in [2.45, 2.75) is 19.4 Å². The Labute approximate surface area is 97.5 Å². The average molecular weight is 236 g/mol. The molecule has 0 saturated heterocycles. The van der Waals surface area contributed by atoms with E-state index in [1.807, 2.05) is 6.07 Å². The van der Waals surface area contributed by atoms with Crippen LogP contribution in [-0.4, -0.2) is 19.2 Å². The molecule has 0 aromatic carbocycles. The van der Waals surface area contributed by atoms with E-state index in [-0.39, 0.29) is 5.69 Å². The van der Waals surface area contributed by atoms with Crippen molar-refractivity contribution in [2.75, 3.05) is 0 Å². The number of rotatable bonds is 4. The highest BCUT2D eigenvalue weighted by atomic mass is 32.1. The third-order valence-electron chi connectivity index (χ3n) is 2.28. The first-order chi connectivity index (χ1) is 7.68. The van der Waals surface area contributed by atoms with E-state index in [1.54, 1.807) is 18.3 Å². The zero-order chi connectivity index (χ0) is 11.5. The summed E-state index contributed by atoms with van der Waals surface area (Å²) in [6, 6.07) is 5.45. The first-order valence-corrected chi connectivity index (χ1v) is 5.42. The molecule has 0 spiro atoms. The van der Waals surface area contributed by atoms with Gasteiger partial charge >= 0.3 is 5.69 Å². The van der Waals surface area contributed by atoms with E-state index in [0.717, 1.165) is 6.42 Å². The van der Waals surface area contributed by atoms with E-state index >= 15 is 0 Å². The van der Waals surface area contributed by atoms with Gasteiger partial charge in [0.25, 0.3) is 0 Å². The maximum Gasteiger partial charge on any atom is 0.350 e. The Hall–Kier alpha value is -1.69. The minimum atomic E-state index is -0.126. The van der Waals surface area contributed by atoms with Crippen molar-refractivity contribution in [1.29, 1.82) is 0 Å². The van der Waals surface area contributed by atoms with Gasteiger partial charge in [-0.25, -0.2) is 9.48 Å². The number of aromatic nitrogens is 3. The fourth-order valence-corrected chi connectivity index (χ4v) is 1.66. The van der Waals surface area contributed by atoms with Crippen molar-refractivity contribution in [3.8, 4) is 0 Å². The minimum Gasteiger partial charge on any atom is -0.393 e. The van der Waals surface area contributed by atoms with Crippen molar-refractivity contribution in [3.05, 3.63) is 34.9 Å². The highest BCUT2D eigenvalue weighted by molar-refractivity contribution is 7.80. The van der Waals surface area contributed by atoms with Crippen molar-refractivity contribution in [2.24, 2.45) is 5.73 Å². The zero-order valence-corrected chi connectivity index (χ0v) is 9.48. The van der Waals surface area contributed by atoms with Crippen molar-refractivity contribution < 1.29 is 0 Å². The number of thiocarbonyl (C=S) groups is 1. The highest BCUT2D eigenvalue weighted by Crippen LogP contribution is 1.97. The lowest BCUT2D eigenvalue weighted by Gasteiger charge is -1.97. The predicted molar refractivity (Wildman–Crippen MR) is 65.5 cm³/mol. The van der Waals surface area contributed by atoms with Crippen LogP contribution in [0.5, 0.6) is 0 Å². The molecule has 2 N–H and O–H groups in total. The van der Waals surface area contributed by atoms with E-state index in [9.17, 15) is 4.79 Å². The SMILES string of the molecule is NC(=S)CCCn1nc2ccccn2c1=O. The van der Waals surface area contributed by atoms with E-state index < -0.39 is 0 Å². The van der Waals surface area contributed by atoms with Crippen LogP contribution in [0.3, 0.4) is 0 Å². The molecule has 2 aromatic rings. The Morgan fingerprint density at radius 3 is 3.00 bits per heavy atom. The standard InChI is InChI=1S/C10H12N4OS/c11-8(16)4-3-7-14-10(15)13-6-2-1-5-9(13)12-14/h1-2,5-6H,3-4,7H2,(H2,11,16). The van der Waals surface area contributed by atoms with Crippen molar-refractivity contribution in [1.82, 2.24) is 14.2 Å². The van der Waals surface area contributed by atoms with E-state index in [2.05, 4.69) is 5.10 Å². The lowest BCUT2D eigenvalue weighted by atomic mass is 10.3. The van der Waals surface area contributed by atoms with Crippen LogP contribution in [0.2, 0.25) is 0 Å². The molecule has 2 rings (SSSR count). The van der Waals surface area contributed by atoms with Gasteiger partial charge < -0.3 is 5.73 Å². The van der Waals surface area contributed by atoms with Gasteiger partial charge in [-0.2, -0.15) is 0 Å². The fourth-order valence-electron chi connectivity index (χ4n) is 1.52. The van der Waals surface area contributed by atoms with Gasteiger partial charge in [0, 0.05) is 12.7 Å². The zero-order valence-electron chi connectivity index (χ0n) is 8.67. The molecule has 5 nitrogen and oxygen atoms in total. The molecule has 0 fully saturated rings. The normalized spacial score (nSPS) is 10.8. The second-order valence-corrected chi connectivity index (χ2v) is 4.03. The van der Waals surface area contributed by atoms with Crippen LogP contribution < -0.4 is 11.4 Å². The summed E-state index contributed by atoms with van der Waals surface area (Å²) in [5, 5.41) is 4.19. The van der Waals surface area contributed by atoms with E-state index in [4.69, 9.17) is 18.0 Å². The topological polar surface area (TPSA) is 65.3 Å². The summed E-state index contributed by atoms with van der Waals surface area (Å²) in [4.78, 5) is 12.3. The molecule has 84 valence electrons. The summed E-state index contributed by atoms with van der Waals surface area (Å²) in [7, 11) is 0. The number of fused-ring (bicyclic) bond motifs is 1. The summed E-state index contributed by atoms with van der Waals surface area (Å²) in [6.07, 6.45) is 3.07. The van der Waals surface area contributed by atoms with E-state index in [1.165, 1.54) is 9.08 Å². The van der Waals surface area contributed by atoms with Crippen molar-refractivity contribution >= 4 is 22.9 Å². The first kappa shape index (κ1) is 10.8. The van der Waals surface area contributed by atoms with Gasteiger partial charge in [0.2, 0.25) is 0 Å². The number of hydrogen-bond donors (Lipinski definition) is 1. The Balaban J connectivity index is 2.22. The summed E-state index contributed by atoms with van der Waals surface area (Å²) in [6.45, 7) is 0.540. The molecule has 0 atom stereocenters. The fraction of sp³-hybridized carbons (Fsp3) is 0.300. The largest absolute Gasteiger partial charge is 0.393 e. The molecule has 0 aliphatic carbocycles. The second kappa shape index (κ2) is 4.44. The van der Waals surface area contributed by atoms with Gasteiger partial charge in [0.15, 0.2) is 5.65 Å². The quantitative estimate of drug-likeness (QED) is 0.788.